The molecule has 7 heteroatoms. The minimum Gasteiger partial charge on any atom is -0.454 e. The molecule has 0 saturated heterocycles. The van der Waals surface area contributed by atoms with Crippen LogP contribution in [0.4, 0.5) is 0 Å². The van der Waals surface area contributed by atoms with Crippen molar-refractivity contribution in [2.75, 3.05) is 13.8 Å². The van der Waals surface area contributed by atoms with E-state index in [0.717, 1.165) is 11.4 Å². The predicted molar refractivity (Wildman–Crippen MR) is 58.0 cm³/mol. The second-order valence-corrected chi connectivity index (χ2v) is 3.56. The van der Waals surface area contributed by atoms with E-state index in [1.165, 1.54) is 4.80 Å². The van der Waals surface area contributed by atoms with E-state index in [1.54, 1.807) is 0 Å². The fourth-order valence-corrected chi connectivity index (χ4v) is 1.59. The highest BCUT2D eigenvalue weighted by Gasteiger charge is 2.14. The summed E-state index contributed by atoms with van der Waals surface area (Å²) in [5.41, 5.74) is 0.795. The molecular formula is C10H11N5O2. The fourth-order valence-electron chi connectivity index (χ4n) is 1.59. The van der Waals surface area contributed by atoms with Crippen LogP contribution in [0.2, 0.25) is 0 Å². The van der Waals surface area contributed by atoms with Crippen molar-refractivity contribution in [3.63, 3.8) is 0 Å². The Bertz CT molecular complexity index is 539. The van der Waals surface area contributed by atoms with Gasteiger partial charge in [0, 0.05) is 6.07 Å². The molecule has 0 spiro atoms. The van der Waals surface area contributed by atoms with Crippen LogP contribution < -0.4 is 14.8 Å². The zero-order valence-corrected chi connectivity index (χ0v) is 9.25. The molecule has 0 amide bonds. The number of fused-ring (bicyclic) bond motifs is 1. The zero-order valence-electron chi connectivity index (χ0n) is 9.25. The third-order valence-corrected chi connectivity index (χ3v) is 2.38. The van der Waals surface area contributed by atoms with Gasteiger partial charge in [-0.25, -0.2) is 0 Å². The highest BCUT2D eigenvalue weighted by molar-refractivity contribution is 5.49. The molecule has 0 unspecified atom stereocenters. The molecule has 1 aromatic carbocycles. The number of nitrogens with zero attached hydrogens (tertiary/aromatic N) is 4. The van der Waals surface area contributed by atoms with Gasteiger partial charge in [-0.2, -0.15) is 0 Å². The Labute approximate surface area is 97.3 Å². The molecular weight excluding hydrogens is 222 g/mol. The molecule has 1 N–H and O–H groups in total. The number of ether oxygens (including phenoxy) is 2. The average Bonchev–Trinajstić information content (AvgIpc) is 2.96. The van der Waals surface area contributed by atoms with Gasteiger partial charge >= 0.3 is 0 Å². The number of benzene rings is 1. The Kier molecular flexibility index (Phi) is 2.37. The lowest BCUT2D eigenvalue weighted by Gasteiger charge is -2.00. The fraction of sp³-hybridized carbons (Fsp3) is 0.300. The van der Waals surface area contributed by atoms with Crippen molar-refractivity contribution in [2.45, 2.75) is 6.54 Å². The van der Waals surface area contributed by atoms with E-state index >= 15 is 0 Å². The van der Waals surface area contributed by atoms with E-state index < -0.39 is 0 Å². The number of nitrogens with one attached hydrogen (secondary N) is 1. The standard InChI is InChI=1S/C10H11N5O2/c1-11-5-10-12-14-15(13-10)7-2-3-8-9(4-7)17-6-16-8/h2-4,11H,5-6H2,1H3. The second kappa shape index (κ2) is 4.02. The Morgan fingerprint density at radius 1 is 1.35 bits per heavy atom. The van der Waals surface area contributed by atoms with Gasteiger partial charge in [-0.3, -0.25) is 0 Å². The maximum atomic E-state index is 5.29. The third-order valence-electron chi connectivity index (χ3n) is 2.38. The van der Waals surface area contributed by atoms with E-state index in [9.17, 15) is 0 Å². The summed E-state index contributed by atoms with van der Waals surface area (Å²) in [6.45, 7) is 0.846. The summed E-state index contributed by atoms with van der Waals surface area (Å²) < 4.78 is 10.5. The molecule has 1 aliphatic rings. The van der Waals surface area contributed by atoms with E-state index in [2.05, 4.69) is 20.7 Å². The Morgan fingerprint density at radius 2 is 2.24 bits per heavy atom. The lowest BCUT2D eigenvalue weighted by atomic mass is 10.3. The monoisotopic (exact) mass is 233 g/mol. The van der Waals surface area contributed by atoms with Crippen LogP contribution in [0.1, 0.15) is 5.82 Å². The molecule has 1 aliphatic heterocycles. The van der Waals surface area contributed by atoms with Gasteiger partial charge in [0.1, 0.15) is 0 Å². The Hall–Kier alpha value is -2.15. The number of hydrogen-bond acceptors (Lipinski definition) is 6. The summed E-state index contributed by atoms with van der Waals surface area (Å²) in [5, 5.41) is 15.1. The van der Waals surface area contributed by atoms with Crippen molar-refractivity contribution in [1.82, 2.24) is 25.5 Å². The first-order valence-electron chi connectivity index (χ1n) is 5.20. The molecule has 2 heterocycles. The summed E-state index contributed by atoms with van der Waals surface area (Å²) in [6, 6.07) is 5.52. The Morgan fingerprint density at radius 3 is 3.12 bits per heavy atom. The topological polar surface area (TPSA) is 74.1 Å². The smallest absolute Gasteiger partial charge is 0.231 e. The highest BCUT2D eigenvalue weighted by Crippen LogP contribution is 2.33. The molecule has 0 atom stereocenters. The van der Waals surface area contributed by atoms with Crippen molar-refractivity contribution in [3.8, 4) is 17.2 Å². The van der Waals surface area contributed by atoms with Gasteiger partial charge in [0.15, 0.2) is 17.3 Å². The molecule has 0 fully saturated rings. The van der Waals surface area contributed by atoms with Crippen LogP contribution in [-0.4, -0.2) is 34.0 Å². The summed E-state index contributed by atoms with van der Waals surface area (Å²) in [4.78, 5) is 1.47. The molecule has 2 aromatic rings. The first kappa shape index (κ1) is 10.0. The lowest BCUT2D eigenvalue weighted by molar-refractivity contribution is 0.174. The largest absolute Gasteiger partial charge is 0.454 e. The summed E-state index contributed by atoms with van der Waals surface area (Å²) in [5.74, 6) is 2.09. The average molecular weight is 233 g/mol. The van der Waals surface area contributed by atoms with Gasteiger partial charge in [0.05, 0.1) is 12.2 Å². The number of tetrazole rings is 1. The van der Waals surface area contributed by atoms with E-state index in [0.29, 0.717) is 18.1 Å². The number of rotatable bonds is 3. The van der Waals surface area contributed by atoms with Gasteiger partial charge in [-0.15, -0.1) is 15.0 Å². The first-order valence-corrected chi connectivity index (χ1v) is 5.20. The number of aromatic nitrogens is 4. The lowest BCUT2D eigenvalue weighted by Crippen LogP contribution is -2.07. The first-order chi connectivity index (χ1) is 8.36. The summed E-state index contributed by atoms with van der Waals surface area (Å²) in [6.07, 6.45) is 0. The van der Waals surface area contributed by atoms with Crippen LogP contribution in [0.15, 0.2) is 18.2 Å². The zero-order chi connectivity index (χ0) is 11.7. The molecule has 0 saturated carbocycles. The van der Waals surface area contributed by atoms with Gasteiger partial charge in [0.2, 0.25) is 6.79 Å². The molecule has 17 heavy (non-hydrogen) atoms. The molecule has 0 aliphatic carbocycles. The van der Waals surface area contributed by atoms with Crippen LogP contribution in [0.3, 0.4) is 0 Å². The third kappa shape index (κ3) is 1.80. The van der Waals surface area contributed by atoms with Crippen LogP contribution in [0, 0.1) is 0 Å². The van der Waals surface area contributed by atoms with Crippen molar-refractivity contribution in [3.05, 3.63) is 24.0 Å². The second-order valence-electron chi connectivity index (χ2n) is 3.56. The molecule has 88 valence electrons. The van der Waals surface area contributed by atoms with Gasteiger partial charge in [0.25, 0.3) is 0 Å². The predicted octanol–water partition coefficient (Wildman–Crippen LogP) is 0.110. The van der Waals surface area contributed by atoms with Gasteiger partial charge in [-0.1, -0.05) is 0 Å². The van der Waals surface area contributed by atoms with E-state index in [1.807, 2.05) is 25.2 Å². The van der Waals surface area contributed by atoms with Crippen LogP contribution in [0.5, 0.6) is 11.5 Å². The van der Waals surface area contributed by atoms with E-state index in [4.69, 9.17) is 9.47 Å². The quantitative estimate of drug-likeness (QED) is 0.811. The minimum absolute atomic E-state index is 0.259. The number of hydrogen-bond donors (Lipinski definition) is 1. The molecule has 7 nitrogen and oxygen atoms in total. The minimum atomic E-state index is 0.259. The normalized spacial score (nSPS) is 13.0. The summed E-state index contributed by atoms with van der Waals surface area (Å²) >= 11 is 0. The van der Waals surface area contributed by atoms with Crippen molar-refractivity contribution >= 4 is 0 Å². The molecule has 3 rings (SSSR count). The van der Waals surface area contributed by atoms with Crippen molar-refractivity contribution < 1.29 is 9.47 Å². The summed E-state index contributed by atoms with van der Waals surface area (Å²) in [7, 11) is 1.83. The van der Waals surface area contributed by atoms with Gasteiger partial charge in [-0.05, 0) is 24.4 Å². The Balaban J connectivity index is 1.92. The maximum Gasteiger partial charge on any atom is 0.231 e. The highest BCUT2D eigenvalue weighted by atomic mass is 16.7. The SMILES string of the molecule is CNCc1nnn(-c2ccc3c(c2)OCO3)n1. The van der Waals surface area contributed by atoms with Crippen molar-refractivity contribution in [1.29, 1.82) is 0 Å². The van der Waals surface area contributed by atoms with Crippen LogP contribution >= 0.6 is 0 Å². The van der Waals surface area contributed by atoms with Gasteiger partial charge < -0.3 is 14.8 Å². The molecule has 1 aromatic heterocycles. The maximum absolute atomic E-state index is 5.29. The van der Waals surface area contributed by atoms with E-state index in [-0.39, 0.29) is 6.79 Å². The molecule has 0 bridgehead atoms. The molecule has 0 radical (unpaired) electrons. The van der Waals surface area contributed by atoms with Crippen molar-refractivity contribution in [2.24, 2.45) is 0 Å². The van der Waals surface area contributed by atoms with Crippen LogP contribution in [-0.2, 0) is 6.54 Å². The van der Waals surface area contributed by atoms with Crippen LogP contribution in [0.25, 0.3) is 5.69 Å².